The van der Waals surface area contributed by atoms with Crippen LogP contribution in [0.1, 0.15) is 10.4 Å². The fourth-order valence-electron chi connectivity index (χ4n) is 2.01. The van der Waals surface area contributed by atoms with Crippen LogP contribution in [0.25, 0.3) is 0 Å². The summed E-state index contributed by atoms with van der Waals surface area (Å²) >= 11 is 0. The molecule has 0 bridgehead atoms. The fraction of sp³-hybridized carbons (Fsp3) is 0.133. The highest BCUT2D eigenvalue weighted by molar-refractivity contribution is 6.04. The molecule has 3 rings (SSSR count). The lowest BCUT2D eigenvalue weighted by Crippen LogP contribution is -2.16. The molecule has 0 atom stereocenters. The predicted octanol–water partition coefficient (Wildman–Crippen LogP) is 2.43. The number of amides is 1. The van der Waals surface area contributed by atoms with Crippen LogP contribution >= 0.6 is 0 Å². The minimum atomic E-state index is -0.550. The smallest absolute Gasteiger partial charge is 0.255 e. The zero-order chi connectivity index (χ0) is 14.8. The van der Waals surface area contributed by atoms with Crippen molar-refractivity contribution in [2.45, 2.75) is 0 Å². The molecule has 0 saturated carbocycles. The maximum atomic E-state index is 13.1. The number of fused-ring (bicyclic) bond motifs is 1. The number of nitrogens with two attached hydrogens (primary N) is 1. The maximum Gasteiger partial charge on any atom is 0.255 e. The number of hydrogen-bond acceptors (Lipinski definition) is 4. The van der Waals surface area contributed by atoms with E-state index in [4.69, 9.17) is 15.2 Å². The van der Waals surface area contributed by atoms with E-state index >= 15 is 0 Å². The van der Waals surface area contributed by atoms with Crippen LogP contribution in [-0.2, 0) is 0 Å². The highest BCUT2D eigenvalue weighted by atomic mass is 19.1. The Hall–Kier alpha value is -2.76. The molecule has 2 aromatic rings. The van der Waals surface area contributed by atoms with Crippen LogP contribution in [0.3, 0.4) is 0 Å². The van der Waals surface area contributed by atoms with E-state index in [9.17, 15) is 9.18 Å². The summed E-state index contributed by atoms with van der Waals surface area (Å²) in [5.74, 6) is 0.298. The number of nitrogens with one attached hydrogen (secondary N) is 1. The quantitative estimate of drug-likeness (QED) is 0.832. The first-order valence-corrected chi connectivity index (χ1v) is 6.39. The molecule has 5 nitrogen and oxygen atoms in total. The fourth-order valence-corrected chi connectivity index (χ4v) is 2.01. The van der Waals surface area contributed by atoms with Crippen molar-refractivity contribution in [3.05, 3.63) is 47.8 Å². The summed E-state index contributed by atoms with van der Waals surface area (Å²) in [7, 11) is 0. The number of benzene rings is 2. The van der Waals surface area contributed by atoms with E-state index in [0.717, 1.165) is 6.07 Å². The van der Waals surface area contributed by atoms with Gasteiger partial charge >= 0.3 is 0 Å². The van der Waals surface area contributed by atoms with Gasteiger partial charge in [-0.05, 0) is 30.3 Å². The van der Waals surface area contributed by atoms with Crippen LogP contribution in [0.5, 0.6) is 11.5 Å². The van der Waals surface area contributed by atoms with Gasteiger partial charge in [-0.25, -0.2) is 4.39 Å². The van der Waals surface area contributed by atoms with Crippen molar-refractivity contribution in [3.63, 3.8) is 0 Å². The Bertz CT molecular complexity index is 703. The van der Waals surface area contributed by atoms with Gasteiger partial charge in [0.15, 0.2) is 11.5 Å². The van der Waals surface area contributed by atoms with E-state index in [1.54, 1.807) is 18.2 Å². The number of nitrogen functional groups attached to an aromatic ring is 1. The third kappa shape index (κ3) is 2.74. The van der Waals surface area contributed by atoms with Gasteiger partial charge in [-0.15, -0.1) is 0 Å². The standard InChI is InChI=1S/C15H13FN2O3/c16-11-3-1-9(7-12(11)17)15(19)18-10-2-4-13-14(8-10)21-6-5-20-13/h1-4,7-8H,5-6,17H2,(H,18,19). The van der Waals surface area contributed by atoms with E-state index in [1.165, 1.54) is 12.1 Å². The molecule has 0 aromatic heterocycles. The summed E-state index contributed by atoms with van der Waals surface area (Å²) in [5, 5.41) is 2.70. The Kier molecular flexibility index (Phi) is 3.35. The van der Waals surface area contributed by atoms with Gasteiger partial charge in [-0.2, -0.15) is 0 Å². The second kappa shape index (κ2) is 5.32. The van der Waals surface area contributed by atoms with Gasteiger partial charge in [0.1, 0.15) is 19.0 Å². The van der Waals surface area contributed by atoms with Crippen molar-refractivity contribution in [2.24, 2.45) is 0 Å². The number of carbonyl (C=O) groups is 1. The SMILES string of the molecule is Nc1cc(C(=O)Nc2ccc3c(c2)OCCO3)ccc1F. The molecule has 0 fully saturated rings. The van der Waals surface area contributed by atoms with Gasteiger partial charge in [0.25, 0.3) is 5.91 Å². The van der Waals surface area contributed by atoms with Gasteiger partial charge in [-0.1, -0.05) is 0 Å². The minimum Gasteiger partial charge on any atom is -0.486 e. The molecule has 3 N–H and O–H groups in total. The van der Waals surface area contributed by atoms with E-state index in [2.05, 4.69) is 5.32 Å². The largest absolute Gasteiger partial charge is 0.486 e. The Morgan fingerprint density at radius 2 is 1.86 bits per heavy atom. The molecule has 1 aliphatic heterocycles. The molecular formula is C15H13FN2O3. The van der Waals surface area contributed by atoms with Crippen LogP contribution < -0.4 is 20.5 Å². The molecular weight excluding hydrogens is 275 g/mol. The summed E-state index contributed by atoms with van der Waals surface area (Å²) in [6, 6.07) is 8.94. The summed E-state index contributed by atoms with van der Waals surface area (Å²) < 4.78 is 23.9. The van der Waals surface area contributed by atoms with Crippen molar-refractivity contribution in [1.82, 2.24) is 0 Å². The normalized spacial score (nSPS) is 12.8. The minimum absolute atomic E-state index is 0.0650. The number of carbonyl (C=O) groups excluding carboxylic acids is 1. The molecule has 6 heteroatoms. The lowest BCUT2D eigenvalue weighted by Gasteiger charge is -2.19. The lowest BCUT2D eigenvalue weighted by molar-refractivity contribution is 0.102. The zero-order valence-electron chi connectivity index (χ0n) is 11.1. The second-order valence-electron chi connectivity index (χ2n) is 4.55. The molecule has 0 aliphatic carbocycles. The van der Waals surface area contributed by atoms with Crippen LogP contribution in [0.15, 0.2) is 36.4 Å². The predicted molar refractivity (Wildman–Crippen MR) is 76.2 cm³/mol. The maximum absolute atomic E-state index is 13.1. The summed E-state index contributed by atoms with van der Waals surface area (Å²) in [4.78, 5) is 12.1. The number of rotatable bonds is 2. The molecule has 1 heterocycles. The van der Waals surface area contributed by atoms with Crippen LogP contribution in [-0.4, -0.2) is 19.1 Å². The van der Waals surface area contributed by atoms with Gasteiger partial charge in [0.2, 0.25) is 0 Å². The average Bonchev–Trinajstić information content (AvgIpc) is 2.50. The molecule has 2 aromatic carbocycles. The molecule has 108 valence electrons. The van der Waals surface area contributed by atoms with Gasteiger partial charge in [0, 0.05) is 17.3 Å². The average molecular weight is 288 g/mol. The monoisotopic (exact) mass is 288 g/mol. The topological polar surface area (TPSA) is 73.6 Å². The molecule has 1 amide bonds. The molecule has 1 aliphatic rings. The highest BCUT2D eigenvalue weighted by Crippen LogP contribution is 2.32. The van der Waals surface area contributed by atoms with Crippen molar-refractivity contribution in [3.8, 4) is 11.5 Å². The number of hydrogen-bond donors (Lipinski definition) is 2. The van der Waals surface area contributed by atoms with E-state index in [1.807, 2.05) is 0 Å². The van der Waals surface area contributed by atoms with E-state index in [0.29, 0.717) is 30.4 Å². The second-order valence-corrected chi connectivity index (χ2v) is 4.55. The lowest BCUT2D eigenvalue weighted by atomic mass is 10.1. The van der Waals surface area contributed by atoms with Crippen LogP contribution in [0, 0.1) is 5.82 Å². The molecule has 0 spiro atoms. The van der Waals surface area contributed by atoms with E-state index in [-0.39, 0.29) is 17.2 Å². The first-order valence-electron chi connectivity index (χ1n) is 6.39. The van der Waals surface area contributed by atoms with Crippen molar-refractivity contribution < 1.29 is 18.7 Å². The zero-order valence-corrected chi connectivity index (χ0v) is 11.1. The van der Waals surface area contributed by atoms with Gasteiger partial charge in [-0.3, -0.25) is 4.79 Å². The number of anilines is 2. The molecule has 0 saturated heterocycles. The van der Waals surface area contributed by atoms with Crippen molar-refractivity contribution in [2.75, 3.05) is 24.3 Å². The van der Waals surface area contributed by atoms with Crippen LogP contribution in [0.2, 0.25) is 0 Å². The highest BCUT2D eigenvalue weighted by Gasteiger charge is 2.14. The summed E-state index contributed by atoms with van der Waals surface area (Å²) in [5.41, 5.74) is 6.23. The Balaban J connectivity index is 1.79. The van der Waals surface area contributed by atoms with Gasteiger partial charge in [0.05, 0.1) is 5.69 Å². The summed E-state index contributed by atoms with van der Waals surface area (Å²) in [6.07, 6.45) is 0. The molecule has 0 unspecified atom stereocenters. The number of ether oxygens (including phenoxy) is 2. The number of halogens is 1. The van der Waals surface area contributed by atoms with Crippen molar-refractivity contribution >= 4 is 17.3 Å². The first-order chi connectivity index (χ1) is 10.1. The first kappa shape index (κ1) is 13.2. The third-order valence-electron chi connectivity index (χ3n) is 3.06. The Morgan fingerprint density at radius 3 is 2.62 bits per heavy atom. The van der Waals surface area contributed by atoms with Crippen molar-refractivity contribution in [1.29, 1.82) is 0 Å². The Morgan fingerprint density at radius 1 is 1.10 bits per heavy atom. The van der Waals surface area contributed by atoms with Crippen LogP contribution in [0.4, 0.5) is 15.8 Å². The van der Waals surface area contributed by atoms with Gasteiger partial charge < -0.3 is 20.5 Å². The Labute approximate surface area is 120 Å². The molecule has 0 radical (unpaired) electrons. The molecule has 21 heavy (non-hydrogen) atoms. The third-order valence-corrected chi connectivity index (χ3v) is 3.06. The van der Waals surface area contributed by atoms with E-state index < -0.39 is 5.82 Å². The summed E-state index contributed by atoms with van der Waals surface area (Å²) in [6.45, 7) is 0.979.